The monoisotopic (exact) mass is 869 g/mol. The molecule has 0 N–H and O–H groups in total. The minimum absolute atomic E-state index is 0.878. The fourth-order valence-electron chi connectivity index (χ4n) is 11.0. The molecule has 68 heavy (non-hydrogen) atoms. The first kappa shape index (κ1) is 38.5. The van der Waals surface area contributed by atoms with Crippen LogP contribution < -0.4 is 0 Å². The van der Waals surface area contributed by atoms with Crippen LogP contribution in [-0.2, 0) is 6.42 Å². The third-order valence-electron chi connectivity index (χ3n) is 14.2. The number of allylic oxidation sites excluding steroid dienone is 1. The van der Waals surface area contributed by atoms with Crippen LogP contribution in [0.25, 0.3) is 128 Å². The molecule has 4 heterocycles. The summed E-state index contributed by atoms with van der Waals surface area (Å²) >= 11 is 0. The third-order valence-corrected chi connectivity index (χ3v) is 14.2. The van der Waals surface area contributed by atoms with Gasteiger partial charge < -0.3 is 13.6 Å². The molecular formula is C64H43N3O. The SMILES string of the molecule is Cc1ccc2nc(-c3cccc(-c4cccc5c4oc4ccc(-n6c7c(c8cc(-c9ccc%10c(c9)c9ccccc9n%10-c9ccccc9)ccc86)C=CCC7)cc45)c3)cc(-c3ccccc3)c2c1. The molecule has 1 aliphatic carbocycles. The molecule has 14 rings (SSSR count). The van der Waals surface area contributed by atoms with Crippen LogP contribution in [0.4, 0.5) is 0 Å². The van der Waals surface area contributed by atoms with Crippen molar-refractivity contribution in [1.82, 2.24) is 14.1 Å². The van der Waals surface area contributed by atoms with Crippen molar-refractivity contribution in [3.8, 4) is 56.0 Å². The molecule has 0 bridgehead atoms. The van der Waals surface area contributed by atoms with Gasteiger partial charge in [-0.1, -0.05) is 139 Å². The summed E-state index contributed by atoms with van der Waals surface area (Å²) in [4.78, 5) is 5.21. The van der Waals surface area contributed by atoms with E-state index >= 15 is 0 Å². The summed E-state index contributed by atoms with van der Waals surface area (Å²) in [5, 5.41) is 7.16. The van der Waals surface area contributed by atoms with E-state index in [0.29, 0.717) is 0 Å². The number of hydrogen-bond acceptors (Lipinski definition) is 2. The lowest BCUT2D eigenvalue weighted by molar-refractivity contribution is 0.670. The molecule has 0 radical (unpaired) electrons. The Bertz CT molecular complexity index is 4200. The van der Waals surface area contributed by atoms with E-state index < -0.39 is 0 Å². The van der Waals surface area contributed by atoms with Crippen molar-refractivity contribution in [3.63, 3.8) is 0 Å². The van der Waals surface area contributed by atoms with Crippen LogP contribution in [0.15, 0.2) is 217 Å². The summed E-state index contributed by atoms with van der Waals surface area (Å²) in [5.74, 6) is 0. The number of hydrogen-bond donors (Lipinski definition) is 0. The van der Waals surface area contributed by atoms with Gasteiger partial charge in [0, 0.05) is 66.1 Å². The Kier molecular flexibility index (Phi) is 8.59. The average molecular weight is 870 g/mol. The van der Waals surface area contributed by atoms with Gasteiger partial charge in [-0.3, -0.25) is 0 Å². The highest BCUT2D eigenvalue weighted by atomic mass is 16.3. The van der Waals surface area contributed by atoms with Crippen molar-refractivity contribution < 1.29 is 4.42 Å². The van der Waals surface area contributed by atoms with E-state index in [9.17, 15) is 0 Å². The second-order valence-corrected chi connectivity index (χ2v) is 18.3. The predicted molar refractivity (Wildman–Crippen MR) is 284 cm³/mol. The van der Waals surface area contributed by atoms with Crippen molar-refractivity contribution in [2.45, 2.75) is 19.8 Å². The summed E-state index contributed by atoms with van der Waals surface area (Å²) < 4.78 is 11.7. The molecule has 320 valence electrons. The van der Waals surface area contributed by atoms with Gasteiger partial charge in [0.15, 0.2) is 0 Å². The molecule has 4 heteroatoms. The number of fused-ring (bicyclic) bond motifs is 10. The van der Waals surface area contributed by atoms with Gasteiger partial charge in [0.2, 0.25) is 0 Å². The lowest BCUT2D eigenvalue weighted by Crippen LogP contribution is -2.02. The number of pyridine rings is 1. The first-order chi connectivity index (χ1) is 33.6. The highest BCUT2D eigenvalue weighted by molar-refractivity contribution is 6.12. The summed E-state index contributed by atoms with van der Waals surface area (Å²) in [5.41, 5.74) is 21.5. The maximum Gasteiger partial charge on any atom is 0.143 e. The van der Waals surface area contributed by atoms with E-state index in [1.54, 1.807) is 0 Å². The number of aryl methyl sites for hydroxylation is 1. The Morgan fingerprint density at radius 2 is 1.16 bits per heavy atom. The Hall–Kier alpha value is -8.73. The first-order valence-corrected chi connectivity index (χ1v) is 23.6. The Balaban J connectivity index is 0.861. The zero-order valence-electron chi connectivity index (χ0n) is 37.4. The number of rotatable bonds is 6. The molecule has 0 aliphatic heterocycles. The lowest BCUT2D eigenvalue weighted by Gasteiger charge is -2.13. The van der Waals surface area contributed by atoms with E-state index in [2.05, 4.69) is 234 Å². The molecule has 13 aromatic rings. The van der Waals surface area contributed by atoms with E-state index in [1.165, 1.54) is 77.5 Å². The van der Waals surface area contributed by atoms with Gasteiger partial charge in [0.1, 0.15) is 11.2 Å². The van der Waals surface area contributed by atoms with Gasteiger partial charge in [-0.15, -0.1) is 0 Å². The molecule has 0 fully saturated rings. The van der Waals surface area contributed by atoms with E-state index in [0.717, 1.165) is 73.8 Å². The second-order valence-electron chi connectivity index (χ2n) is 18.3. The predicted octanol–water partition coefficient (Wildman–Crippen LogP) is 17.1. The number of nitrogens with zero attached hydrogens (tertiary/aromatic N) is 3. The fraction of sp³-hybridized carbons (Fsp3) is 0.0469. The molecule has 0 spiro atoms. The number of benzene rings is 9. The van der Waals surface area contributed by atoms with Crippen molar-refractivity contribution in [3.05, 3.63) is 229 Å². The molecule has 0 saturated carbocycles. The summed E-state index contributed by atoms with van der Waals surface area (Å²) in [6.07, 6.45) is 6.65. The summed E-state index contributed by atoms with van der Waals surface area (Å²) in [6, 6.07) is 74.8. The van der Waals surface area contributed by atoms with Crippen molar-refractivity contribution in [1.29, 1.82) is 0 Å². The lowest BCUT2D eigenvalue weighted by atomic mass is 9.95. The minimum Gasteiger partial charge on any atom is -0.455 e. The van der Waals surface area contributed by atoms with Crippen LogP contribution in [0.1, 0.15) is 23.2 Å². The highest BCUT2D eigenvalue weighted by Crippen LogP contribution is 2.42. The quantitative estimate of drug-likeness (QED) is 0.167. The topological polar surface area (TPSA) is 35.9 Å². The summed E-state index contributed by atoms with van der Waals surface area (Å²) in [7, 11) is 0. The molecule has 0 saturated heterocycles. The normalized spacial score (nSPS) is 12.6. The van der Waals surface area contributed by atoms with Crippen molar-refractivity contribution >= 4 is 71.6 Å². The van der Waals surface area contributed by atoms with Gasteiger partial charge in [0.05, 0.1) is 27.8 Å². The Morgan fingerprint density at radius 1 is 0.441 bits per heavy atom. The molecule has 4 aromatic heterocycles. The number of para-hydroxylation sites is 3. The molecule has 1 aliphatic rings. The second kappa shape index (κ2) is 15.2. The van der Waals surface area contributed by atoms with Crippen LogP contribution in [0.5, 0.6) is 0 Å². The van der Waals surface area contributed by atoms with E-state index in [1.807, 2.05) is 0 Å². The van der Waals surface area contributed by atoms with Crippen LogP contribution in [0.2, 0.25) is 0 Å². The average Bonchev–Trinajstić information content (AvgIpc) is 4.06. The molecule has 9 aromatic carbocycles. The third kappa shape index (κ3) is 6.04. The number of furan rings is 1. The van der Waals surface area contributed by atoms with Crippen molar-refractivity contribution in [2.24, 2.45) is 0 Å². The highest BCUT2D eigenvalue weighted by Gasteiger charge is 2.22. The zero-order chi connectivity index (χ0) is 44.9. The maximum atomic E-state index is 6.81. The Morgan fingerprint density at radius 3 is 2.03 bits per heavy atom. The standard InChI is InChI=1S/C64H43N3O/c1-40-26-30-57-53(34-40)52(41-14-4-2-5-15-41)39-58(65-57)45-17-12-16-44(35-45)48-22-13-23-51-56-38-47(29-33-63(56)68-64(48)51)67-60-25-11-9-21-50(60)55-37-43(28-32-62(55)67)42-27-31-61-54(36-42)49-20-8-10-24-59(49)66(61)46-18-6-3-7-19-46/h2-10,12-24,26-39H,11,25H2,1H3. The van der Waals surface area contributed by atoms with Gasteiger partial charge in [-0.2, -0.15) is 0 Å². The molecule has 0 unspecified atom stereocenters. The maximum absolute atomic E-state index is 6.81. The molecule has 4 nitrogen and oxygen atoms in total. The minimum atomic E-state index is 0.878. The van der Waals surface area contributed by atoms with Gasteiger partial charge in [-0.05, 0) is 133 Å². The van der Waals surface area contributed by atoms with Crippen LogP contribution in [-0.4, -0.2) is 14.1 Å². The number of aromatic nitrogens is 3. The van der Waals surface area contributed by atoms with Gasteiger partial charge in [-0.25, -0.2) is 4.98 Å². The van der Waals surface area contributed by atoms with Gasteiger partial charge in [0.25, 0.3) is 0 Å². The molecular weight excluding hydrogens is 827 g/mol. The van der Waals surface area contributed by atoms with Crippen molar-refractivity contribution in [2.75, 3.05) is 0 Å². The fourth-order valence-corrected chi connectivity index (χ4v) is 11.0. The zero-order valence-corrected chi connectivity index (χ0v) is 37.4. The van der Waals surface area contributed by atoms with E-state index in [-0.39, 0.29) is 0 Å². The first-order valence-electron chi connectivity index (χ1n) is 23.6. The van der Waals surface area contributed by atoms with Crippen LogP contribution >= 0.6 is 0 Å². The van der Waals surface area contributed by atoms with E-state index in [4.69, 9.17) is 9.40 Å². The molecule has 0 amide bonds. The molecule has 0 atom stereocenters. The Labute approximate surface area is 393 Å². The van der Waals surface area contributed by atoms with Crippen LogP contribution in [0, 0.1) is 6.92 Å². The van der Waals surface area contributed by atoms with Gasteiger partial charge >= 0.3 is 0 Å². The van der Waals surface area contributed by atoms with Crippen LogP contribution in [0.3, 0.4) is 0 Å². The summed E-state index contributed by atoms with van der Waals surface area (Å²) in [6.45, 7) is 2.14. The smallest absolute Gasteiger partial charge is 0.143 e. The largest absolute Gasteiger partial charge is 0.455 e.